The lowest BCUT2D eigenvalue weighted by atomic mass is 10.00. The first-order valence-electron chi connectivity index (χ1n) is 5.61. The lowest BCUT2D eigenvalue weighted by Crippen LogP contribution is -2.06. The number of rotatable bonds is 3. The molecule has 7 heteroatoms. The lowest BCUT2D eigenvalue weighted by molar-refractivity contribution is -0.137. The van der Waals surface area contributed by atoms with E-state index >= 15 is 0 Å². The van der Waals surface area contributed by atoms with Crippen LogP contribution in [0.1, 0.15) is 29.0 Å². The van der Waals surface area contributed by atoms with E-state index in [4.69, 9.17) is 5.73 Å². The number of hydrogen-bond donors (Lipinski definition) is 1. The van der Waals surface area contributed by atoms with Gasteiger partial charge in [0.1, 0.15) is 5.01 Å². The summed E-state index contributed by atoms with van der Waals surface area (Å²) < 4.78 is 37.8. The highest BCUT2D eigenvalue weighted by molar-refractivity contribution is 7.15. The van der Waals surface area contributed by atoms with Gasteiger partial charge in [0.2, 0.25) is 5.13 Å². The molecule has 1 aromatic heterocycles. The first-order valence-corrected chi connectivity index (χ1v) is 6.43. The van der Waals surface area contributed by atoms with Crippen LogP contribution >= 0.6 is 11.3 Å². The molecule has 0 amide bonds. The Morgan fingerprint density at radius 2 is 2.05 bits per heavy atom. The predicted molar refractivity (Wildman–Crippen MR) is 67.9 cm³/mol. The highest BCUT2D eigenvalue weighted by Gasteiger charge is 2.30. The first-order chi connectivity index (χ1) is 8.86. The zero-order valence-electron chi connectivity index (χ0n) is 10.1. The van der Waals surface area contributed by atoms with Crippen LogP contribution in [0.2, 0.25) is 0 Å². The summed E-state index contributed by atoms with van der Waals surface area (Å²) in [6.07, 6.45) is -3.84. The molecular weight excluding hydrogens is 275 g/mol. The van der Waals surface area contributed by atoms with Gasteiger partial charge in [-0.3, -0.25) is 0 Å². The lowest BCUT2D eigenvalue weighted by Gasteiger charge is -2.11. The average molecular weight is 287 g/mol. The number of benzene rings is 1. The Kier molecular flexibility index (Phi) is 3.75. The summed E-state index contributed by atoms with van der Waals surface area (Å²) in [4.78, 5) is 0. The molecule has 2 aromatic rings. The highest BCUT2D eigenvalue weighted by Crippen LogP contribution is 2.31. The van der Waals surface area contributed by atoms with Gasteiger partial charge in [0.15, 0.2) is 0 Å². The Morgan fingerprint density at radius 3 is 2.63 bits per heavy atom. The van der Waals surface area contributed by atoms with Crippen molar-refractivity contribution in [2.75, 3.05) is 5.73 Å². The van der Waals surface area contributed by atoms with Gasteiger partial charge in [-0.2, -0.15) is 13.2 Å². The van der Waals surface area contributed by atoms with Gasteiger partial charge in [-0.25, -0.2) is 0 Å². The molecule has 1 atom stereocenters. The number of halogens is 3. The Bertz CT molecular complexity index is 565. The summed E-state index contributed by atoms with van der Waals surface area (Å²) in [6.45, 7) is 1.89. The molecule has 1 aromatic carbocycles. The van der Waals surface area contributed by atoms with Crippen LogP contribution in [-0.4, -0.2) is 10.2 Å². The SMILES string of the molecule is CC(Cc1cccc(C(F)(F)F)c1)c1nnc(N)s1. The largest absolute Gasteiger partial charge is 0.416 e. The van der Waals surface area contributed by atoms with Crippen molar-refractivity contribution in [1.82, 2.24) is 10.2 Å². The first kappa shape index (κ1) is 13.8. The Morgan fingerprint density at radius 1 is 1.32 bits per heavy atom. The van der Waals surface area contributed by atoms with Crippen molar-refractivity contribution in [2.24, 2.45) is 0 Å². The van der Waals surface area contributed by atoms with Gasteiger partial charge in [-0.1, -0.05) is 36.5 Å². The molecule has 0 saturated heterocycles. The number of alkyl halides is 3. The van der Waals surface area contributed by atoms with Crippen molar-refractivity contribution in [1.29, 1.82) is 0 Å². The zero-order valence-corrected chi connectivity index (χ0v) is 10.9. The van der Waals surface area contributed by atoms with E-state index in [9.17, 15) is 13.2 Å². The minimum absolute atomic E-state index is 0.0155. The Labute approximate surface area is 112 Å². The van der Waals surface area contributed by atoms with Gasteiger partial charge >= 0.3 is 6.18 Å². The third-order valence-electron chi connectivity index (χ3n) is 2.67. The fourth-order valence-corrected chi connectivity index (χ4v) is 2.42. The minimum Gasteiger partial charge on any atom is -0.374 e. The monoisotopic (exact) mass is 287 g/mol. The van der Waals surface area contributed by atoms with Gasteiger partial charge in [0.05, 0.1) is 5.56 Å². The van der Waals surface area contributed by atoms with Crippen LogP contribution in [0.15, 0.2) is 24.3 Å². The van der Waals surface area contributed by atoms with Gasteiger partial charge in [-0.15, -0.1) is 10.2 Å². The Balaban J connectivity index is 2.15. The van der Waals surface area contributed by atoms with Gasteiger partial charge in [0, 0.05) is 5.92 Å². The van der Waals surface area contributed by atoms with Gasteiger partial charge < -0.3 is 5.73 Å². The second-order valence-corrected chi connectivity index (χ2v) is 5.32. The molecule has 0 saturated carbocycles. The molecule has 2 rings (SSSR count). The summed E-state index contributed by atoms with van der Waals surface area (Å²) in [7, 11) is 0. The molecule has 2 N–H and O–H groups in total. The molecule has 0 aliphatic rings. The molecular formula is C12H12F3N3S. The maximum atomic E-state index is 12.6. The van der Waals surface area contributed by atoms with Crippen molar-refractivity contribution >= 4 is 16.5 Å². The van der Waals surface area contributed by atoms with E-state index in [1.165, 1.54) is 23.5 Å². The average Bonchev–Trinajstić information content (AvgIpc) is 2.75. The molecule has 102 valence electrons. The maximum Gasteiger partial charge on any atom is 0.416 e. The Hall–Kier alpha value is -1.63. The fraction of sp³-hybridized carbons (Fsp3) is 0.333. The van der Waals surface area contributed by atoms with Crippen molar-refractivity contribution in [3.05, 3.63) is 40.4 Å². The van der Waals surface area contributed by atoms with Crippen molar-refractivity contribution in [3.63, 3.8) is 0 Å². The van der Waals surface area contributed by atoms with Crippen LogP contribution in [0.5, 0.6) is 0 Å². The summed E-state index contributed by atoms with van der Waals surface area (Å²) in [6, 6.07) is 5.33. The fourth-order valence-electron chi connectivity index (χ4n) is 1.76. The molecule has 0 aliphatic heterocycles. The van der Waals surface area contributed by atoms with Crippen LogP contribution in [0.25, 0.3) is 0 Å². The smallest absolute Gasteiger partial charge is 0.374 e. The topological polar surface area (TPSA) is 51.8 Å². The van der Waals surface area contributed by atoms with E-state index in [1.54, 1.807) is 6.07 Å². The third-order valence-corrected chi connectivity index (χ3v) is 3.66. The van der Waals surface area contributed by atoms with E-state index in [-0.39, 0.29) is 5.92 Å². The number of nitrogen functional groups attached to an aromatic ring is 1. The summed E-state index contributed by atoms with van der Waals surface area (Å²) in [5, 5.41) is 8.70. The van der Waals surface area contributed by atoms with Gasteiger partial charge in [0.25, 0.3) is 0 Å². The second-order valence-electron chi connectivity index (χ2n) is 4.28. The molecule has 19 heavy (non-hydrogen) atoms. The van der Waals surface area contributed by atoms with Gasteiger partial charge in [-0.05, 0) is 18.1 Å². The normalized spacial score (nSPS) is 13.5. The number of anilines is 1. The molecule has 0 radical (unpaired) electrons. The minimum atomic E-state index is -4.31. The molecule has 0 spiro atoms. The number of nitrogens with two attached hydrogens (primary N) is 1. The second kappa shape index (κ2) is 5.16. The van der Waals surface area contributed by atoms with Crippen molar-refractivity contribution in [2.45, 2.75) is 25.4 Å². The zero-order chi connectivity index (χ0) is 14.0. The highest BCUT2D eigenvalue weighted by atomic mass is 32.1. The van der Waals surface area contributed by atoms with E-state index in [0.29, 0.717) is 17.1 Å². The van der Waals surface area contributed by atoms with E-state index < -0.39 is 11.7 Å². The molecule has 0 aliphatic carbocycles. The summed E-state index contributed by atoms with van der Waals surface area (Å²) >= 11 is 1.26. The van der Waals surface area contributed by atoms with E-state index in [2.05, 4.69) is 10.2 Å². The van der Waals surface area contributed by atoms with Crippen molar-refractivity contribution in [3.8, 4) is 0 Å². The van der Waals surface area contributed by atoms with Crippen LogP contribution in [-0.2, 0) is 12.6 Å². The van der Waals surface area contributed by atoms with Crippen LogP contribution in [0.4, 0.5) is 18.3 Å². The standard InChI is InChI=1S/C12H12F3N3S/c1-7(10-17-18-11(16)19-10)5-8-3-2-4-9(6-8)12(13,14)15/h2-4,6-7H,5H2,1H3,(H2,16,18). The maximum absolute atomic E-state index is 12.6. The van der Waals surface area contributed by atoms with Crippen LogP contribution in [0, 0.1) is 0 Å². The number of aromatic nitrogens is 2. The van der Waals surface area contributed by atoms with Crippen LogP contribution in [0.3, 0.4) is 0 Å². The van der Waals surface area contributed by atoms with E-state index in [1.807, 2.05) is 6.92 Å². The molecule has 3 nitrogen and oxygen atoms in total. The number of hydrogen-bond acceptors (Lipinski definition) is 4. The summed E-state index contributed by atoms with van der Waals surface area (Å²) in [5.74, 6) is -0.0155. The third kappa shape index (κ3) is 3.44. The van der Waals surface area contributed by atoms with Crippen molar-refractivity contribution < 1.29 is 13.2 Å². The predicted octanol–water partition coefficient (Wildman–Crippen LogP) is 3.49. The van der Waals surface area contributed by atoms with Crippen LogP contribution < -0.4 is 5.73 Å². The van der Waals surface area contributed by atoms with E-state index in [0.717, 1.165) is 11.1 Å². The molecule has 0 bridgehead atoms. The summed E-state index contributed by atoms with van der Waals surface area (Å²) in [5.41, 5.74) is 5.48. The molecule has 1 unspecified atom stereocenters. The molecule has 0 fully saturated rings. The quantitative estimate of drug-likeness (QED) is 0.940. The molecule has 1 heterocycles. The number of nitrogens with zero attached hydrogens (tertiary/aromatic N) is 2.